The minimum Gasteiger partial charge on any atom is -0.462 e. The molecule has 0 radical (unpaired) electrons. The zero-order valence-electron chi connectivity index (χ0n) is 8.32. The maximum atomic E-state index is 11.5. The number of benzene rings is 1. The number of ether oxygens (including phenoxy) is 1. The Morgan fingerprint density at radius 1 is 1.50 bits per heavy atom. The van der Waals surface area contributed by atoms with Crippen LogP contribution >= 0.6 is 0 Å². The highest BCUT2D eigenvalue weighted by Gasteiger charge is 2.09. The van der Waals surface area contributed by atoms with E-state index >= 15 is 0 Å². The molecule has 0 spiro atoms. The Kier molecular flexibility index (Phi) is 3.92. The average molecular weight is 190 g/mol. The molecular formula is C12H14O2. The number of carbonyl (C=O) groups is 1. The minimum absolute atomic E-state index is 0.259. The zero-order valence-corrected chi connectivity index (χ0v) is 8.32. The van der Waals surface area contributed by atoms with E-state index in [4.69, 9.17) is 4.74 Å². The third kappa shape index (κ3) is 2.46. The molecule has 0 fully saturated rings. The van der Waals surface area contributed by atoms with Gasteiger partial charge >= 0.3 is 5.97 Å². The summed E-state index contributed by atoms with van der Waals surface area (Å²) in [4.78, 5) is 11.5. The Morgan fingerprint density at radius 3 is 2.86 bits per heavy atom. The lowest BCUT2D eigenvalue weighted by Gasteiger charge is -2.06. The molecule has 1 aromatic carbocycles. The van der Waals surface area contributed by atoms with Crippen molar-refractivity contribution in [3.8, 4) is 0 Å². The van der Waals surface area contributed by atoms with Gasteiger partial charge in [-0.1, -0.05) is 24.3 Å². The predicted octanol–water partition coefficient (Wildman–Crippen LogP) is 2.59. The molecular weight excluding hydrogens is 176 g/mol. The lowest BCUT2D eigenvalue weighted by Crippen LogP contribution is -2.07. The molecule has 0 amide bonds. The highest BCUT2D eigenvalue weighted by Crippen LogP contribution is 2.11. The van der Waals surface area contributed by atoms with Gasteiger partial charge in [0.05, 0.1) is 12.2 Å². The van der Waals surface area contributed by atoms with E-state index in [0.717, 1.165) is 5.56 Å². The summed E-state index contributed by atoms with van der Waals surface area (Å²) in [6.07, 6.45) is 2.47. The van der Waals surface area contributed by atoms with E-state index in [1.165, 1.54) is 0 Å². The third-order valence-electron chi connectivity index (χ3n) is 1.88. The van der Waals surface area contributed by atoms with Gasteiger partial charge in [-0.2, -0.15) is 0 Å². The van der Waals surface area contributed by atoms with Crippen molar-refractivity contribution in [2.75, 3.05) is 6.61 Å². The average Bonchev–Trinajstić information content (AvgIpc) is 2.19. The quantitative estimate of drug-likeness (QED) is 0.539. The van der Waals surface area contributed by atoms with Gasteiger partial charge < -0.3 is 4.74 Å². The van der Waals surface area contributed by atoms with Gasteiger partial charge in [-0.3, -0.25) is 0 Å². The highest BCUT2D eigenvalue weighted by atomic mass is 16.5. The lowest BCUT2D eigenvalue weighted by molar-refractivity contribution is 0.0525. The van der Waals surface area contributed by atoms with Crippen molar-refractivity contribution in [3.63, 3.8) is 0 Å². The van der Waals surface area contributed by atoms with Crippen molar-refractivity contribution in [2.45, 2.75) is 13.3 Å². The molecule has 14 heavy (non-hydrogen) atoms. The van der Waals surface area contributed by atoms with Gasteiger partial charge in [0.25, 0.3) is 0 Å². The molecule has 0 saturated heterocycles. The fraction of sp³-hybridized carbons (Fsp3) is 0.250. The summed E-state index contributed by atoms with van der Waals surface area (Å²) in [5.41, 5.74) is 1.59. The van der Waals surface area contributed by atoms with E-state index in [9.17, 15) is 4.79 Å². The summed E-state index contributed by atoms with van der Waals surface area (Å²) in [5, 5.41) is 0. The summed E-state index contributed by atoms with van der Waals surface area (Å²) >= 11 is 0. The van der Waals surface area contributed by atoms with E-state index in [1.54, 1.807) is 19.1 Å². The van der Waals surface area contributed by atoms with Crippen molar-refractivity contribution < 1.29 is 9.53 Å². The first-order valence-corrected chi connectivity index (χ1v) is 4.65. The standard InChI is InChI=1S/C12H14O2/c1-3-7-10-8-5-6-9-11(10)12(13)14-4-2/h3,5-6,8-9H,1,4,7H2,2H3. The molecule has 1 aromatic rings. The maximum Gasteiger partial charge on any atom is 0.338 e. The van der Waals surface area contributed by atoms with Crippen molar-refractivity contribution in [2.24, 2.45) is 0 Å². The van der Waals surface area contributed by atoms with Gasteiger partial charge in [0.2, 0.25) is 0 Å². The third-order valence-corrected chi connectivity index (χ3v) is 1.88. The summed E-state index contributed by atoms with van der Waals surface area (Å²) in [6, 6.07) is 7.42. The van der Waals surface area contributed by atoms with Crippen LogP contribution in [0.2, 0.25) is 0 Å². The van der Waals surface area contributed by atoms with Gasteiger partial charge in [-0.05, 0) is 25.0 Å². The second-order valence-electron chi connectivity index (χ2n) is 2.87. The Morgan fingerprint density at radius 2 is 2.21 bits per heavy atom. The van der Waals surface area contributed by atoms with Crippen LogP contribution in [-0.2, 0) is 11.2 Å². The predicted molar refractivity (Wildman–Crippen MR) is 56.3 cm³/mol. The summed E-state index contributed by atoms with van der Waals surface area (Å²) in [6.45, 7) is 5.85. The molecule has 0 aromatic heterocycles. The second kappa shape index (κ2) is 5.22. The Bertz CT molecular complexity index is 329. The van der Waals surface area contributed by atoms with E-state index in [-0.39, 0.29) is 5.97 Å². The molecule has 2 nitrogen and oxygen atoms in total. The largest absolute Gasteiger partial charge is 0.462 e. The molecule has 0 saturated carbocycles. The van der Waals surface area contributed by atoms with Crippen LogP contribution in [0.25, 0.3) is 0 Å². The molecule has 0 N–H and O–H groups in total. The van der Waals surface area contributed by atoms with E-state index in [0.29, 0.717) is 18.6 Å². The smallest absolute Gasteiger partial charge is 0.338 e. The Hall–Kier alpha value is -1.57. The fourth-order valence-electron chi connectivity index (χ4n) is 1.26. The number of allylic oxidation sites excluding steroid dienone is 1. The summed E-state index contributed by atoms with van der Waals surface area (Å²) in [5.74, 6) is -0.259. The number of hydrogen-bond acceptors (Lipinski definition) is 2. The number of carbonyl (C=O) groups excluding carboxylic acids is 1. The lowest BCUT2D eigenvalue weighted by atomic mass is 10.1. The van der Waals surface area contributed by atoms with Gasteiger partial charge in [0.1, 0.15) is 0 Å². The number of hydrogen-bond donors (Lipinski definition) is 0. The molecule has 0 unspecified atom stereocenters. The summed E-state index contributed by atoms with van der Waals surface area (Å²) in [7, 11) is 0. The van der Waals surface area contributed by atoms with Crippen LogP contribution in [0.5, 0.6) is 0 Å². The first-order valence-electron chi connectivity index (χ1n) is 4.65. The topological polar surface area (TPSA) is 26.3 Å². The summed E-state index contributed by atoms with van der Waals surface area (Å²) < 4.78 is 4.94. The Labute approximate surface area is 84.2 Å². The minimum atomic E-state index is -0.259. The monoisotopic (exact) mass is 190 g/mol. The molecule has 1 rings (SSSR count). The van der Waals surface area contributed by atoms with Crippen molar-refractivity contribution in [1.29, 1.82) is 0 Å². The van der Waals surface area contributed by atoms with Crippen LogP contribution in [0.3, 0.4) is 0 Å². The molecule has 74 valence electrons. The van der Waals surface area contributed by atoms with Gasteiger partial charge in [-0.25, -0.2) is 4.79 Å². The molecule has 0 aliphatic heterocycles. The molecule has 0 atom stereocenters. The first kappa shape index (κ1) is 10.5. The fourth-order valence-corrected chi connectivity index (χ4v) is 1.26. The molecule has 0 bridgehead atoms. The van der Waals surface area contributed by atoms with Crippen LogP contribution in [0, 0.1) is 0 Å². The van der Waals surface area contributed by atoms with E-state index in [2.05, 4.69) is 6.58 Å². The van der Waals surface area contributed by atoms with Crippen LogP contribution < -0.4 is 0 Å². The van der Waals surface area contributed by atoms with Gasteiger partial charge in [0, 0.05) is 0 Å². The van der Waals surface area contributed by atoms with E-state index < -0.39 is 0 Å². The zero-order chi connectivity index (χ0) is 10.4. The number of rotatable bonds is 4. The molecule has 0 aliphatic rings. The maximum absolute atomic E-state index is 11.5. The van der Waals surface area contributed by atoms with Crippen LogP contribution in [0.4, 0.5) is 0 Å². The molecule has 2 heteroatoms. The van der Waals surface area contributed by atoms with Gasteiger partial charge in [-0.15, -0.1) is 6.58 Å². The SMILES string of the molecule is C=CCc1ccccc1C(=O)OCC. The Balaban J connectivity index is 2.93. The highest BCUT2D eigenvalue weighted by molar-refractivity contribution is 5.91. The van der Waals surface area contributed by atoms with Crippen molar-refractivity contribution in [3.05, 3.63) is 48.0 Å². The van der Waals surface area contributed by atoms with Crippen LogP contribution in [0.15, 0.2) is 36.9 Å². The number of esters is 1. The second-order valence-corrected chi connectivity index (χ2v) is 2.87. The molecule has 0 heterocycles. The van der Waals surface area contributed by atoms with Crippen LogP contribution in [-0.4, -0.2) is 12.6 Å². The van der Waals surface area contributed by atoms with E-state index in [1.807, 2.05) is 18.2 Å². The van der Waals surface area contributed by atoms with Crippen molar-refractivity contribution in [1.82, 2.24) is 0 Å². The van der Waals surface area contributed by atoms with Gasteiger partial charge in [0.15, 0.2) is 0 Å². The normalized spacial score (nSPS) is 9.50. The first-order chi connectivity index (χ1) is 6.79. The van der Waals surface area contributed by atoms with Crippen LogP contribution in [0.1, 0.15) is 22.8 Å². The molecule has 0 aliphatic carbocycles. The van der Waals surface area contributed by atoms with Crippen molar-refractivity contribution >= 4 is 5.97 Å².